The first-order valence-corrected chi connectivity index (χ1v) is 13.0. The molecule has 2 aromatic rings. The highest BCUT2D eigenvalue weighted by Crippen LogP contribution is 2.31. The molecule has 0 spiro atoms. The Bertz CT molecular complexity index is 1120. The van der Waals surface area contributed by atoms with Crippen LogP contribution in [-0.4, -0.2) is 52.9 Å². The molecule has 0 saturated carbocycles. The second kappa shape index (κ2) is 7.83. The summed E-state index contributed by atoms with van der Waals surface area (Å²) in [5.74, 6) is 0.797. The monoisotopic (exact) mass is 437 g/mol. The first-order chi connectivity index (χ1) is 13.8. The smallest absolute Gasteiger partial charge is 0.264 e. The van der Waals surface area contributed by atoms with Gasteiger partial charge in [-0.25, -0.2) is 13.4 Å². The van der Waals surface area contributed by atoms with Crippen molar-refractivity contribution in [2.45, 2.75) is 65.0 Å². The fraction of sp³-hybridized carbons (Fsp3) is 0.650. The van der Waals surface area contributed by atoms with E-state index in [1.54, 1.807) is 9.47 Å². The van der Waals surface area contributed by atoms with E-state index in [4.69, 9.17) is 4.98 Å². The van der Waals surface area contributed by atoms with E-state index in [0.717, 1.165) is 37.9 Å². The van der Waals surface area contributed by atoms with E-state index in [0.29, 0.717) is 40.2 Å². The fourth-order valence-electron chi connectivity index (χ4n) is 4.46. The van der Waals surface area contributed by atoms with Crippen LogP contribution in [0.15, 0.2) is 4.79 Å². The molecule has 0 aliphatic carbocycles. The number of carbonyl (C=O) groups excluding carboxylic acids is 1. The number of thiophene rings is 1. The number of aromatic nitrogens is 2. The van der Waals surface area contributed by atoms with Crippen molar-refractivity contribution in [3.8, 4) is 0 Å². The maximum absolute atomic E-state index is 13.4. The molecule has 1 fully saturated rings. The molecule has 1 atom stereocenters. The van der Waals surface area contributed by atoms with Gasteiger partial charge >= 0.3 is 0 Å². The highest BCUT2D eigenvalue weighted by Gasteiger charge is 2.36. The minimum absolute atomic E-state index is 0.0257. The van der Waals surface area contributed by atoms with Crippen LogP contribution in [0.3, 0.4) is 0 Å². The van der Waals surface area contributed by atoms with Gasteiger partial charge < -0.3 is 4.90 Å². The highest BCUT2D eigenvalue weighted by atomic mass is 32.2. The molecular weight excluding hydrogens is 410 g/mol. The Morgan fingerprint density at radius 1 is 1.31 bits per heavy atom. The van der Waals surface area contributed by atoms with Gasteiger partial charge in [0.05, 0.1) is 21.8 Å². The molecule has 0 aromatic carbocycles. The average molecular weight is 438 g/mol. The van der Waals surface area contributed by atoms with Crippen molar-refractivity contribution in [3.05, 3.63) is 26.6 Å². The lowest BCUT2D eigenvalue weighted by Gasteiger charge is -2.27. The Morgan fingerprint density at radius 2 is 2.10 bits per heavy atom. The average Bonchev–Trinajstić information content (AvgIpc) is 3.08. The minimum atomic E-state index is -3.09. The van der Waals surface area contributed by atoms with E-state index >= 15 is 0 Å². The van der Waals surface area contributed by atoms with Crippen molar-refractivity contribution >= 4 is 37.3 Å². The summed E-state index contributed by atoms with van der Waals surface area (Å²) in [6.45, 7) is 4.98. The Balaban J connectivity index is 1.76. The van der Waals surface area contributed by atoms with Crippen LogP contribution in [0.5, 0.6) is 0 Å². The van der Waals surface area contributed by atoms with E-state index in [2.05, 4.69) is 0 Å². The Morgan fingerprint density at radius 3 is 2.79 bits per heavy atom. The minimum Gasteiger partial charge on any atom is -0.334 e. The van der Waals surface area contributed by atoms with E-state index in [-0.39, 0.29) is 29.0 Å². The number of sulfone groups is 1. The summed E-state index contributed by atoms with van der Waals surface area (Å²) in [4.78, 5) is 34.1. The first-order valence-electron chi connectivity index (χ1n) is 10.4. The van der Waals surface area contributed by atoms with Gasteiger partial charge in [-0.2, -0.15) is 0 Å². The number of amides is 1. The lowest BCUT2D eigenvalue weighted by molar-refractivity contribution is 0.0701. The molecular formula is C20H27N3O4S2. The molecule has 7 nitrogen and oxygen atoms in total. The first kappa shape index (κ1) is 20.5. The summed E-state index contributed by atoms with van der Waals surface area (Å²) in [5, 5.41) is 0.541. The number of hydrogen-bond acceptors (Lipinski definition) is 6. The molecule has 9 heteroatoms. The third-order valence-corrected chi connectivity index (χ3v) is 8.90. The molecule has 0 bridgehead atoms. The van der Waals surface area contributed by atoms with Gasteiger partial charge in [-0.05, 0) is 38.2 Å². The predicted octanol–water partition coefficient (Wildman–Crippen LogP) is 2.53. The SMILES string of the molecule is CCCN(C(=O)c1sc2nc3n(c(=O)c2c1C)CCCCC3)[C@@H]1CCS(=O)(=O)C1. The van der Waals surface area contributed by atoms with Crippen molar-refractivity contribution in [2.24, 2.45) is 0 Å². The summed E-state index contributed by atoms with van der Waals surface area (Å²) >= 11 is 1.27. The third-order valence-electron chi connectivity index (χ3n) is 5.98. The van der Waals surface area contributed by atoms with Crippen molar-refractivity contribution in [1.29, 1.82) is 0 Å². The second-order valence-corrected chi connectivity index (χ2v) is 11.3. The van der Waals surface area contributed by atoms with Gasteiger partial charge in [-0.3, -0.25) is 14.2 Å². The third kappa shape index (κ3) is 3.74. The Kier molecular flexibility index (Phi) is 5.54. The van der Waals surface area contributed by atoms with E-state index in [1.165, 1.54) is 11.3 Å². The predicted molar refractivity (Wildman–Crippen MR) is 115 cm³/mol. The molecule has 158 valence electrons. The van der Waals surface area contributed by atoms with Gasteiger partial charge in [-0.1, -0.05) is 13.3 Å². The van der Waals surface area contributed by atoms with E-state index in [1.807, 2.05) is 13.8 Å². The maximum atomic E-state index is 13.4. The van der Waals surface area contributed by atoms with Gasteiger partial charge in [0.2, 0.25) is 0 Å². The molecule has 4 heterocycles. The zero-order chi connectivity index (χ0) is 20.8. The van der Waals surface area contributed by atoms with Gasteiger partial charge in [0.15, 0.2) is 9.84 Å². The lowest BCUT2D eigenvalue weighted by atomic mass is 10.1. The summed E-state index contributed by atoms with van der Waals surface area (Å²) in [5.41, 5.74) is 0.624. The summed E-state index contributed by atoms with van der Waals surface area (Å²) in [6, 6.07) is -0.289. The van der Waals surface area contributed by atoms with Crippen LogP contribution in [0.4, 0.5) is 0 Å². The fourth-order valence-corrected chi connectivity index (χ4v) is 7.33. The summed E-state index contributed by atoms with van der Waals surface area (Å²) < 4.78 is 25.7. The molecule has 0 unspecified atom stereocenters. The normalized spacial score (nSPS) is 21.1. The van der Waals surface area contributed by atoms with Crippen molar-refractivity contribution < 1.29 is 13.2 Å². The van der Waals surface area contributed by atoms with Gasteiger partial charge in [0.25, 0.3) is 11.5 Å². The number of rotatable bonds is 4. The van der Waals surface area contributed by atoms with Gasteiger partial charge in [0.1, 0.15) is 10.7 Å². The van der Waals surface area contributed by atoms with Crippen molar-refractivity contribution in [3.63, 3.8) is 0 Å². The summed E-state index contributed by atoms with van der Waals surface area (Å²) in [7, 11) is -3.09. The molecule has 2 aliphatic heterocycles. The number of carbonyl (C=O) groups is 1. The molecule has 1 saturated heterocycles. The topological polar surface area (TPSA) is 89.3 Å². The largest absolute Gasteiger partial charge is 0.334 e. The molecule has 0 N–H and O–H groups in total. The zero-order valence-electron chi connectivity index (χ0n) is 16.9. The van der Waals surface area contributed by atoms with Crippen LogP contribution in [0.2, 0.25) is 0 Å². The molecule has 2 aliphatic rings. The van der Waals surface area contributed by atoms with Crippen LogP contribution in [0.1, 0.15) is 60.1 Å². The van der Waals surface area contributed by atoms with Gasteiger partial charge in [-0.15, -0.1) is 11.3 Å². The Hall–Kier alpha value is -1.74. The van der Waals surface area contributed by atoms with E-state index < -0.39 is 9.84 Å². The molecule has 2 aromatic heterocycles. The standard InChI is InChI=1S/C20H27N3O4S2/c1-3-9-22(14-8-11-29(26,27)12-14)20(25)17-13(2)16-18(28-17)21-15-7-5-4-6-10-23(15)19(16)24/h14H,3-12H2,1-2H3/t14-/m1/s1. The Labute approximate surface area is 174 Å². The lowest BCUT2D eigenvalue weighted by Crippen LogP contribution is -2.41. The van der Waals surface area contributed by atoms with Crippen LogP contribution < -0.4 is 5.56 Å². The zero-order valence-corrected chi connectivity index (χ0v) is 18.6. The van der Waals surface area contributed by atoms with Crippen LogP contribution in [0.25, 0.3) is 10.2 Å². The quantitative estimate of drug-likeness (QED) is 0.733. The van der Waals surface area contributed by atoms with Crippen LogP contribution >= 0.6 is 11.3 Å². The van der Waals surface area contributed by atoms with Crippen molar-refractivity contribution in [2.75, 3.05) is 18.1 Å². The number of fused-ring (bicyclic) bond motifs is 2. The second-order valence-electron chi connectivity index (χ2n) is 8.09. The van der Waals surface area contributed by atoms with Crippen LogP contribution in [0, 0.1) is 6.92 Å². The molecule has 29 heavy (non-hydrogen) atoms. The number of hydrogen-bond donors (Lipinski definition) is 0. The van der Waals surface area contributed by atoms with Crippen LogP contribution in [-0.2, 0) is 22.8 Å². The highest BCUT2D eigenvalue weighted by molar-refractivity contribution is 7.91. The maximum Gasteiger partial charge on any atom is 0.264 e. The van der Waals surface area contributed by atoms with E-state index in [9.17, 15) is 18.0 Å². The molecule has 1 amide bonds. The number of nitrogens with zero attached hydrogens (tertiary/aromatic N) is 3. The van der Waals surface area contributed by atoms with Crippen molar-refractivity contribution in [1.82, 2.24) is 14.5 Å². The summed E-state index contributed by atoms with van der Waals surface area (Å²) in [6.07, 6.45) is 5.10. The van der Waals surface area contributed by atoms with Gasteiger partial charge in [0, 0.05) is 25.6 Å². The molecule has 4 rings (SSSR count). The molecule has 0 radical (unpaired) electrons. The number of aryl methyl sites for hydroxylation is 2.